The third-order valence-corrected chi connectivity index (χ3v) is 5.68. The first-order chi connectivity index (χ1) is 16.5. The second-order valence-electron chi connectivity index (χ2n) is 7.94. The molecule has 1 aromatic heterocycles. The average molecular weight is 465 g/mol. The topological polar surface area (TPSA) is 48.7 Å². The SMILES string of the molecule is CCOC(=O)Cc1ccccc1OCc1coc2c(C(F)F)cc(-c3cccc(CC)c3)cc12. The molecule has 176 valence electrons. The summed E-state index contributed by atoms with van der Waals surface area (Å²) in [5.74, 6) is 0.193. The third-order valence-electron chi connectivity index (χ3n) is 5.68. The van der Waals surface area contributed by atoms with Gasteiger partial charge < -0.3 is 13.9 Å². The number of hydrogen-bond acceptors (Lipinski definition) is 4. The van der Waals surface area contributed by atoms with Crippen LogP contribution in [-0.2, 0) is 29.0 Å². The van der Waals surface area contributed by atoms with E-state index in [1.54, 1.807) is 19.1 Å². The molecule has 0 radical (unpaired) electrons. The van der Waals surface area contributed by atoms with Crippen molar-refractivity contribution in [3.63, 3.8) is 0 Å². The molecule has 0 unspecified atom stereocenters. The lowest BCUT2D eigenvalue weighted by Crippen LogP contribution is -2.09. The third kappa shape index (κ3) is 5.11. The number of rotatable bonds is 9. The number of hydrogen-bond donors (Lipinski definition) is 0. The number of fused-ring (bicyclic) bond motifs is 1. The summed E-state index contributed by atoms with van der Waals surface area (Å²) in [6.45, 7) is 4.22. The van der Waals surface area contributed by atoms with E-state index in [2.05, 4.69) is 6.92 Å². The van der Waals surface area contributed by atoms with E-state index in [0.29, 0.717) is 34.4 Å². The Balaban J connectivity index is 1.67. The van der Waals surface area contributed by atoms with Crippen molar-refractivity contribution in [2.75, 3.05) is 6.61 Å². The first-order valence-electron chi connectivity index (χ1n) is 11.3. The molecule has 0 aliphatic heterocycles. The molecule has 0 saturated carbocycles. The average Bonchev–Trinajstić information content (AvgIpc) is 3.26. The van der Waals surface area contributed by atoms with Gasteiger partial charge in [0.05, 0.1) is 24.9 Å². The van der Waals surface area contributed by atoms with Crippen LogP contribution in [0.4, 0.5) is 8.78 Å². The minimum absolute atomic E-state index is 0.0869. The van der Waals surface area contributed by atoms with Gasteiger partial charge in [0.1, 0.15) is 17.9 Å². The summed E-state index contributed by atoms with van der Waals surface area (Å²) in [6.07, 6.45) is -0.282. The van der Waals surface area contributed by atoms with Gasteiger partial charge in [0, 0.05) is 16.5 Å². The minimum atomic E-state index is -2.68. The molecule has 0 aliphatic carbocycles. The molecule has 0 fully saturated rings. The summed E-state index contributed by atoms with van der Waals surface area (Å²) in [4.78, 5) is 11.9. The van der Waals surface area contributed by atoms with Crippen molar-refractivity contribution >= 4 is 16.9 Å². The molecule has 0 aliphatic rings. The second kappa shape index (κ2) is 10.5. The fourth-order valence-corrected chi connectivity index (χ4v) is 3.94. The number of halogens is 2. The van der Waals surface area contributed by atoms with Crippen molar-refractivity contribution in [2.24, 2.45) is 0 Å². The molecule has 4 nitrogen and oxygen atoms in total. The van der Waals surface area contributed by atoms with Crippen molar-refractivity contribution in [2.45, 2.75) is 39.7 Å². The van der Waals surface area contributed by atoms with Crippen LogP contribution in [0.15, 0.2) is 71.3 Å². The van der Waals surface area contributed by atoms with Crippen molar-refractivity contribution in [1.29, 1.82) is 0 Å². The molecule has 4 aromatic rings. The monoisotopic (exact) mass is 464 g/mol. The molecule has 34 heavy (non-hydrogen) atoms. The molecule has 0 amide bonds. The smallest absolute Gasteiger partial charge is 0.310 e. The summed E-state index contributed by atoms with van der Waals surface area (Å²) in [5, 5.41) is 0.581. The maximum atomic E-state index is 13.9. The largest absolute Gasteiger partial charge is 0.488 e. The number of ether oxygens (including phenoxy) is 2. The number of benzene rings is 3. The Kier molecular flexibility index (Phi) is 7.26. The van der Waals surface area contributed by atoms with E-state index in [4.69, 9.17) is 13.9 Å². The van der Waals surface area contributed by atoms with Crippen LogP contribution in [0.5, 0.6) is 5.75 Å². The van der Waals surface area contributed by atoms with Gasteiger partial charge in [-0.2, -0.15) is 0 Å². The van der Waals surface area contributed by atoms with E-state index in [0.717, 1.165) is 17.5 Å². The van der Waals surface area contributed by atoms with E-state index >= 15 is 0 Å². The Morgan fingerprint density at radius 1 is 0.971 bits per heavy atom. The Morgan fingerprint density at radius 3 is 2.56 bits per heavy atom. The first-order valence-corrected chi connectivity index (χ1v) is 11.3. The maximum Gasteiger partial charge on any atom is 0.310 e. The van der Waals surface area contributed by atoms with Crippen LogP contribution in [0.2, 0.25) is 0 Å². The number of aryl methyl sites for hydroxylation is 1. The van der Waals surface area contributed by atoms with Crippen molar-refractivity contribution in [3.8, 4) is 16.9 Å². The lowest BCUT2D eigenvalue weighted by molar-refractivity contribution is -0.142. The summed E-state index contributed by atoms with van der Waals surface area (Å²) in [6, 6.07) is 18.4. The number of furan rings is 1. The van der Waals surface area contributed by atoms with Crippen molar-refractivity contribution in [3.05, 3.63) is 89.2 Å². The highest BCUT2D eigenvalue weighted by Crippen LogP contribution is 2.36. The first kappa shape index (κ1) is 23.5. The van der Waals surface area contributed by atoms with E-state index in [1.165, 1.54) is 12.3 Å². The highest BCUT2D eigenvalue weighted by Gasteiger charge is 2.20. The van der Waals surface area contributed by atoms with Gasteiger partial charge in [-0.15, -0.1) is 0 Å². The molecule has 4 rings (SSSR count). The van der Waals surface area contributed by atoms with E-state index in [1.807, 2.05) is 42.5 Å². The molecule has 1 heterocycles. The highest BCUT2D eigenvalue weighted by molar-refractivity contribution is 5.89. The van der Waals surface area contributed by atoms with Gasteiger partial charge in [-0.1, -0.05) is 49.4 Å². The fraction of sp³-hybridized carbons (Fsp3) is 0.250. The van der Waals surface area contributed by atoms with Gasteiger partial charge in [0.2, 0.25) is 0 Å². The number of carbonyl (C=O) groups is 1. The van der Waals surface area contributed by atoms with Crippen LogP contribution in [-0.4, -0.2) is 12.6 Å². The molecule has 0 bridgehead atoms. The zero-order valence-electron chi connectivity index (χ0n) is 19.1. The summed E-state index contributed by atoms with van der Waals surface area (Å²) >= 11 is 0. The van der Waals surface area contributed by atoms with Gasteiger partial charge in [0.25, 0.3) is 6.43 Å². The Bertz CT molecular complexity index is 1290. The molecule has 6 heteroatoms. The van der Waals surface area contributed by atoms with E-state index in [9.17, 15) is 13.6 Å². The van der Waals surface area contributed by atoms with E-state index in [-0.39, 0.29) is 30.1 Å². The molecule has 0 atom stereocenters. The summed E-state index contributed by atoms with van der Waals surface area (Å²) in [5.41, 5.74) is 4.05. The number of carbonyl (C=O) groups excluding carboxylic acids is 1. The van der Waals surface area contributed by atoms with E-state index < -0.39 is 6.43 Å². The van der Waals surface area contributed by atoms with Crippen molar-refractivity contribution < 1.29 is 27.5 Å². The maximum absolute atomic E-state index is 13.9. The predicted octanol–water partition coefficient (Wildman–Crippen LogP) is 7.28. The highest BCUT2D eigenvalue weighted by atomic mass is 19.3. The van der Waals surface area contributed by atoms with Crippen LogP contribution in [0.25, 0.3) is 22.1 Å². The van der Waals surface area contributed by atoms with Crippen molar-refractivity contribution in [1.82, 2.24) is 0 Å². The minimum Gasteiger partial charge on any atom is -0.488 e. The van der Waals surface area contributed by atoms with Crippen LogP contribution < -0.4 is 4.74 Å². The van der Waals surface area contributed by atoms with Gasteiger partial charge in [0.15, 0.2) is 0 Å². The molecular weight excluding hydrogens is 438 g/mol. The standard InChI is InChI=1S/C28H26F2O4/c1-3-18-8-7-10-19(12-18)21-13-23-22(17-34-27(23)24(14-21)28(29)30)16-33-25-11-6-5-9-20(25)15-26(31)32-4-2/h5-14,17,28H,3-4,15-16H2,1-2H3. The molecule has 0 N–H and O–H groups in total. The number of alkyl halides is 2. The lowest BCUT2D eigenvalue weighted by Gasteiger charge is -2.11. The Labute approximate surface area is 197 Å². The Hall–Kier alpha value is -3.67. The van der Waals surface area contributed by atoms with Gasteiger partial charge in [-0.05, 0) is 48.2 Å². The quantitative estimate of drug-likeness (QED) is 0.244. The molecule has 3 aromatic carbocycles. The zero-order valence-corrected chi connectivity index (χ0v) is 19.1. The second-order valence-corrected chi connectivity index (χ2v) is 7.94. The summed E-state index contributed by atoms with van der Waals surface area (Å²) in [7, 11) is 0. The number of para-hydroxylation sites is 1. The fourth-order valence-electron chi connectivity index (χ4n) is 3.94. The Morgan fingerprint density at radius 2 is 1.79 bits per heavy atom. The number of esters is 1. The zero-order chi connectivity index (χ0) is 24.1. The van der Waals surface area contributed by atoms with Crippen LogP contribution >= 0.6 is 0 Å². The van der Waals surface area contributed by atoms with Gasteiger partial charge in [-0.3, -0.25) is 4.79 Å². The van der Waals surface area contributed by atoms with Crippen LogP contribution in [0.3, 0.4) is 0 Å². The van der Waals surface area contributed by atoms with Gasteiger partial charge >= 0.3 is 5.97 Å². The molecular formula is C28H26F2O4. The molecule has 0 spiro atoms. The lowest BCUT2D eigenvalue weighted by atomic mass is 9.97. The normalized spacial score (nSPS) is 11.2. The van der Waals surface area contributed by atoms with Crippen LogP contribution in [0.1, 0.15) is 42.5 Å². The predicted molar refractivity (Wildman–Crippen MR) is 127 cm³/mol. The molecule has 0 saturated heterocycles. The van der Waals surface area contributed by atoms with Gasteiger partial charge in [-0.25, -0.2) is 8.78 Å². The van der Waals surface area contributed by atoms with Crippen LogP contribution in [0, 0.1) is 0 Å². The summed E-state index contributed by atoms with van der Waals surface area (Å²) < 4.78 is 44.4.